The fourth-order valence-corrected chi connectivity index (χ4v) is 4.14. The van der Waals surface area contributed by atoms with Crippen LogP contribution in [-0.2, 0) is 11.2 Å². The van der Waals surface area contributed by atoms with Crippen molar-refractivity contribution in [2.75, 3.05) is 18.0 Å². The van der Waals surface area contributed by atoms with Gasteiger partial charge in [0.25, 0.3) is 0 Å². The molecule has 0 aliphatic carbocycles. The third-order valence-electron chi connectivity index (χ3n) is 4.29. The molecule has 0 saturated carbocycles. The summed E-state index contributed by atoms with van der Waals surface area (Å²) in [6.07, 6.45) is 1.41. The van der Waals surface area contributed by atoms with Crippen molar-refractivity contribution in [2.45, 2.75) is 24.9 Å². The molecule has 130 valence electrons. The summed E-state index contributed by atoms with van der Waals surface area (Å²) < 4.78 is 0.886. The van der Waals surface area contributed by atoms with Crippen molar-refractivity contribution in [2.24, 2.45) is 5.73 Å². The SMILES string of the molecule is N#Cc1cc(Br)ccc1N1CC[C@H](NC(=O)[C@@H](N)Cc2cccs2)C1. The van der Waals surface area contributed by atoms with E-state index in [1.807, 2.05) is 35.7 Å². The van der Waals surface area contributed by atoms with Crippen LogP contribution in [0.3, 0.4) is 0 Å². The van der Waals surface area contributed by atoms with Crippen molar-refractivity contribution in [3.05, 3.63) is 50.6 Å². The maximum absolute atomic E-state index is 12.3. The summed E-state index contributed by atoms with van der Waals surface area (Å²) in [5, 5.41) is 14.4. The van der Waals surface area contributed by atoms with Crippen molar-refractivity contribution < 1.29 is 4.79 Å². The van der Waals surface area contributed by atoms with Crippen LogP contribution in [0.15, 0.2) is 40.2 Å². The molecule has 1 aliphatic heterocycles. The molecule has 2 aromatic rings. The Bertz CT molecular complexity index is 787. The number of amides is 1. The summed E-state index contributed by atoms with van der Waals surface area (Å²) >= 11 is 5.00. The van der Waals surface area contributed by atoms with Gasteiger partial charge in [-0.15, -0.1) is 11.3 Å². The van der Waals surface area contributed by atoms with Gasteiger partial charge < -0.3 is 16.0 Å². The summed E-state index contributed by atoms with van der Waals surface area (Å²) in [7, 11) is 0. The Morgan fingerprint density at radius 1 is 1.52 bits per heavy atom. The van der Waals surface area contributed by atoms with Crippen LogP contribution in [0, 0.1) is 11.3 Å². The van der Waals surface area contributed by atoms with Crippen molar-refractivity contribution >= 4 is 38.9 Å². The maximum Gasteiger partial charge on any atom is 0.237 e. The molecule has 7 heteroatoms. The van der Waals surface area contributed by atoms with E-state index in [1.165, 1.54) is 0 Å². The monoisotopic (exact) mass is 418 g/mol. The molecule has 3 rings (SSSR count). The number of carbonyl (C=O) groups is 1. The summed E-state index contributed by atoms with van der Waals surface area (Å²) in [5.41, 5.74) is 7.57. The lowest BCUT2D eigenvalue weighted by atomic mass is 10.1. The zero-order chi connectivity index (χ0) is 17.8. The van der Waals surface area contributed by atoms with E-state index in [-0.39, 0.29) is 11.9 Å². The molecule has 0 spiro atoms. The van der Waals surface area contributed by atoms with E-state index < -0.39 is 6.04 Å². The first kappa shape index (κ1) is 17.9. The molecule has 1 amide bonds. The van der Waals surface area contributed by atoms with Crippen LogP contribution in [-0.4, -0.2) is 31.1 Å². The Kier molecular flexibility index (Phi) is 5.74. The number of carbonyl (C=O) groups excluding carboxylic acids is 1. The number of nitriles is 1. The van der Waals surface area contributed by atoms with Gasteiger partial charge in [0.05, 0.1) is 17.3 Å². The number of thiophene rings is 1. The lowest BCUT2D eigenvalue weighted by Crippen LogP contribution is -2.47. The van der Waals surface area contributed by atoms with Crippen molar-refractivity contribution in [1.82, 2.24) is 5.32 Å². The van der Waals surface area contributed by atoms with E-state index in [4.69, 9.17) is 5.73 Å². The molecule has 2 atom stereocenters. The zero-order valence-corrected chi connectivity index (χ0v) is 16.0. The summed E-state index contributed by atoms with van der Waals surface area (Å²) in [6, 6.07) is 11.4. The highest BCUT2D eigenvalue weighted by Crippen LogP contribution is 2.27. The van der Waals surface area contributed by atoms with Crippen LogP contribution >= 0.6 is 27.3 Å². The fraction of sp³-hybridized carbons (Fsp3) is 0.333. The first-order valence-electron chi connectivity index (χ1n) is 8.09. The Hall–Kier alpha value is -1.88. The van der Waals surface area contributed by atoms with E-state index in [0.717, 1.165) is 28.0 Å². The van der Waals surface area contributed by atoms with Crippen molar-refractivity contribution in [3.63, 3.8) is 0 Å². The molecular formula is C18H19BrN4OS. The first-order valence-corrected chi connectivity index (χ1v) is 9.77. The molecule has 2 heterocycles. The highest BCUT2D eigenvalue weighted by molar-refractivity contribution is 9.10. The van der Waals surface area contributed by atoms with Crippen molar-refractivity contribution in [1.29, 1.82) is 5.26 Å². The average Bonchev–Trinajstić information content (AvgIpc) is 3.26. The number of nitrogens with one attached hydrogen (secondary N) is 1. The molecule has 5 nitrogen and oxygen atoms in total. The van der Waals surface area contributed by atoms with Crippen LogP contribution in [0.1, 0.15) is 16.9 Å². The molecule has 3 N–H and O–H groups in total. The topological polar surface area (TPSA) is 82.2 Å². The predicted molar refractivity (Wildman–Crippen MR) is 104 cm³/mol. The number of rotatable bonds is 5. The Labute approximate surface area is 159 Å². The van der Waals surface area contributed by atoms with E-state index in [0.29, 0.717) is 18.5 Å². The van der Waals surface area contributed by atoms with Crippen LogP contribution in [0.4, 0.5) is 5.69 Å². The van der Waals surface area contributed by atoms with Crippen molar-refractivity contribution in [3.8, 4) is 6.07 Å². The maximum atomic E-state index is 12.3. The van der Waals surface area contributed by atoms with Gasteiger partial charge >= 0.3 is 0 Å². The summed E-state index contributed by atoms with van der Waals surface area (Å²) in [5.74, 6) is -0.114. The minimum atomic E-state index is -0.532. The predicted octanol–water partition coefficient (Wildman–Crippen LogP) is 2.65. The van der Waals surface area contributed by atoms with Gasteiger partial charge in [0.1, 0.15) is 6.07 Å². The highest BCUT2D eigenvalue weighted by Gasteiger charge is 2.27. The molecule has 1 saturated heterocycles. The molecule has 1 aromatic heterocycles. The Morgan fingerprint density at radius 3 is 3.08 bits per heavy atom. The molecule has 0 radical (unpaired) electrons. The smallest absolute Gasteiger partial charge is 0.237 e. The van der Waals surface area contributed by atoms with E-state index in [9.17, 15) is 10.1 Å². The first-order chi connectivity index (χ1) is 12.1. The van der Waals surface area contributed by atoms with Gasteiger partial charge in [-0.25, -0.2) is 0 Å². The number of benzene rings is 1. The number of nitrogens with two attached hydrogens (primary N) is 1. The zero-order valence-electron chi connectivity index (χ0n) is 13.6. The fourth-order valence-electron chi connectivity index (χ4n) is 3.02. The second-order valence-corrected chi connectivity index (χ2v) is 8.05. The van der Waals surface area contributed by atoms with Gasteiger partial charge in [0.2, 0.25) is 5.91 Å². The summed E-state index contributed by atoms with van der Waals surface area (Å²) in [4.78, 5) is 15.6. The third-order valence-corrected chi connectivity index (χ3v) is 5.68. The van der Waals surface area contributed by atoms with E-state index >= 15 is 0 Å². The minimum absolute atomic E-state index is 0.0528. The van der Waals surface area contributed by atoms with Crippen LogP contribution in [0.5, 0.6) is 0 Å². The minimum Gasteiger partial charge on any atom is -0.368 e. The summed E-state index contributed by atoms with van der Waals surface area (Å²) in [6.45, 7) is 1.50. The molecule has 1 fully saturated rings. The van der Waals surface area contributed by atoms with Gasteiger partial charge in [-0.05, 0) is 36.1 Å². The quantitative estimate of drug-likeness (QED) is 0.781. The lowest BCUT2D eigenvalue weighted by molar-refractivity contribution is -0.122. The molecule has 1 aromatic carbocycles. The second kappa shape index (κ2) is 8.00. The largest absolute Gasteiger partial charge is 0.368 e. The van der Waals surface area contributed by atoms with Gasteiger partial charge in [-0.3, -0.25) is 4.79 Å². The van der Waals surface area contributed by atoms with Gasteiger partial charge in [0, 0.05) is 34.9 Å². The molecule has 25 heavy (non-hydrogen) atoms. The van der Waals surface area contributed by atoms with E-state index in [2.05, 4.69) is 32.2 Å². The number of halogens is 1. The molecule has 0 unspecified atom stereocenters. The Balaban J connectivity index is 1.58. The Morgan fingerprint density at radius 2 is 2.36 bits per heavy atom. The average molecular weight is 419 g/mol. The number of nitrogens with zero attached hydrogens (tertiary/aromatic N) is 2. The van der Waals surface area contributed by atoms with Crippen LogP contribution in [0.25, 0.3) is 0 Å². The highest BCUT2D eigenvalue weighted by atomic mass is 79.9. The number of hydrogen-bond acceptors (Lipinski definition) is 5. The number of hydrogen-bond donors (Lipinski definition) is 2. The normalized spacial score (nSPS) is 18.0. The van der Waals surface area contributed by atoms with E-state index in [1.54, 1.807) is 11.3 Å². The van der Waals surface area contributed by atoms with Gasteiger partial charge in [-0.2, -0.15) is 5.26 Å². The molecular weight excluding hydrogens is 400 g/mol. The standard InChI is InChI=1S/C18H19BrN4OS/c19-13-3-4-17(12(8-13)10-20)23-6-5-14(11-23)22-18(24)16(21)9-15-2-1-7-25-15/h1-4,7-8,14,16H,5-6,9,11,21H2,(H,22,24)/t14-,16-/m0/s1. The lowest BCUT2D eigenvalue weighted by Gasteiger charge is -2.21. The molecule has 0 bridgehead atoms. The van der Waals surface area contributed by atoms with Gasteiger partial charge in [0.15, 0.2) is 0 Å². The molecule has 1 aliphatic rings. The van der Waals surface area contributed by atoms with Crippen LogP contribution < -0.4 is 16.0 Å². The number of anilines is 1. The van der Waals surface area contributed by atoms with Gasteiger partial charge in [-0.1, -0.05) is 22.0 Å². The second-order valence-electron chi connectivity index (χ2n) is 6.10. The van der Waals surface area contributed by atoms with Crippen LogP contribution in [0.2, 0.25) is 0 Å². The third kappa shape index (κ3) is 4.40.